The van der Waals surface area contributed by atoms with Gasteiger partial charge in [0, 0.05) is 57.4 Å². The molecule has 0 aliphatic carbocycles. The summed E-state index contributed by atoms with van der Waals surface area (Å²) in [7, 11) is -2.26. The van der Waals surface area contributed by atoms with E-state index in [4.69, 9.17) is 9.47 Å². The molecule has 6 aromatic rings. The van der Waals surface area contributed by atoms with Gasteiger partial charge >= 0.3 is 5.97 Å². The number of nitrogens with zero attached hydrogens (tertiary/aromatic N) is 6. The first kappa shape index (κ1) is 41.2. The third-order valence-corrected chi connectivity index (χ3v) is 13.2. The predicted molar refractivity (Wildman–Crippen MR) is 228 cm³/mol. The molecule has 286 valence electrons. The molecule has 0 spiro atoms. The second kappa shape index (κ2) is 17.2. The van der Waals surface area contributed by atoms with Gasteiger partial charge in [0.25, 0.3) is 0 Å². The monoisotopic (exact) mass is 828 g/mol. The number of hydrogen-bond acceptors (Lipinski definition) is 7. The Labute approximate surface area is 329 Å². The predicted octanol–water partition coefficient (Wildman–Crippen LogP) is 10.5. The van der Waals surface area contributed by atoms with Crippen LogP contribution >= 0.6 is 15.9 Å². The van der Waals surface area contributed by atoms with Gasteiger partial charge in [0.1, 0.15) is 37.4 Å². The maximum absolute atomic E-state index is 11.9. The molecule has 0 bridgehead atoms. The van der Waals surface area contributed by atoms with Crippen LogP contribution in [0.2, 0.25) is 51.4 Å². The summed E-state index contributed by atoms with van der Waals surface area (Å²) in [5, 5.41) is 11.3. The van der Waals surface area contributed by atoms with Crippen molar-refractivity contribution in [2.75, 3.05) is 13.2 Å². The Bertz CT molecular complexity index is 2270. The maximum atomic E-state index is 11.9. The van der Waals surface area contributed by atoms with Gasteiger partial charge in [0.2, 0.25) is 0 Å². The smallest absolute Gasteiger partial charge is 0.338 e. The number of hydrogen-bond donors (Lipinski definition) is 1. The van der Waals surface area contributed by atoms with Crippen molar-refractivity contribution in [1.29, 1.82) is 0 Å². The van der Waals surface area contributed by atoms with Gasteiger partial charge in [-0.1, -0.05) is 86.8 Å². The Balaban J connectivity index is 0.000000208. The van der Waals surface area contributed by atoms with Crippen molar-refractivity contribution in [2.45, 2.75) is 92.5 Å². The van der Waals surface area contributed by atoms with E-state index in [-0.39, 0.29) is 12.3 Å². The summed E-state index contributed by atoms with van der Waals surface area (Å²) in [6.45, 7) is 24.5. The number of benzene rings is 2. The second-order valence-corrected chi connectivity index (χ2v) is 28.5. The van der Waals surface area contributed by atoms with Gasteiger partial charge in [-0.2, -0.15) is 0 Å². The third-order valence-electron chi connectivity index (χ3n) is 9.22. The minimum Gasteiger partial charge on any atom is -0.478 e. The molecule has 0 saturated carbocycles. The van der Waals surface area contributed by atoms with Gasteiger partial charge in [-0.15, -0.1) is 0 Å². The highest BCUT2D eigenvalue weighted by Crippen LogP contribution is 2.35. The zero-order valence-electron chi connectivity index (χ0n) is 33.2. The van der Waals surface area contributed by atoms with Crippen LogP contribution in [-0.4, -0.2) is 69.5 Å². The minimum absolute atomic E-state index is 0.194. The normalized spacial score (nSPS) is 12.0. The lowest BCUT2D eigenvalue weighted by Gasteiger charge is -2.15. The van der Waals surface area contributed by atoms with E-state index in [1.165, 1.54) is 17.5 Å². The zero-order valence-corrected chi connectivity index (χ0v) is 36.8. The van der Waals surface area contributed by atoms with Crippen molar-refractivity contribution in [1.82, 2.24) is 29.1 Å². The molecule has 13 heteroatoms. The number of carbonyl (C=O) groups is 1. The third kappa shape index (κ3) is 10.2. The van der Waals surface area contributed by atoms with Crippen molar-refractivity contribution >= 4 is 60.1 Å². The van der Waals surface area contributed by atoms with Crippen molar-refractivity contribution in [3.63, 3.8) is 0 Å². The molecule has 0 aliphatic rings. The Morgan fingerprint density at radius 1 is 0.685 bits per heavy atom. The molecule has 4 aromatic heterocycles. The summed E-state index contributed by atoms with van der Waals surface area (Å²) >= 11 is 3.70. The van der Waals surface area contributed by atoms with Crippen LogP contribution in [0.4, 0.5) is 0 Å². The number of rotatable bonds is 13. The number of carboxylic acid groups (broad SMARTS) is 1. The lowest BCUT2D eigenvalue weighted by Crippen LogP contribution is -2.22. The Hall–Kier alpha value is -4.02. The summed E-state index contributed by atoms with van der Waals surface area (Å²) in [4.78, 5) is 29.8. The molecule has 1 N–H and O–H groups in total. The number of fused-ring (bicyclic) bond motifs is 2. The largest absolute Gasteiger partial charge is 0.478 e. The van der Waals surface area contributed by atoms with Crippen LogP contribution in [0.25, 0.3) is 44.6 Å². The van der Waals surface area contributed by atoms with Crippen LogP contribution in [0.15, 0.2) is 65.9 Å². The summed E-state index contributed by atoms with van der Waals surface area (Å²) in [5.74, 6) is -0.994. The molecular weight excluding hydrogens is 777 g/mol. The first-order valence-electron chi connectivity index (χ1n) is 18.3. The molecule has 4 heterocycles. The molecule has 0 fully saturated rings. The zero-order chi connectivity index (χ0) is 39.4. The first-order chi connectivity index (χ1) is 25.4. The number of halogens is 1. The highest BCUT2D eigenvalue weighted by molar-refractivity contribution is 9.10. The van der Waals surface area contributed by atoms with E-state index >= 15 is 0 Å². The van der Waals surface area contributed by atoms with Crippen molar-refractivity contribution in [3.05, 3.63) is 93.7 Å². The molecule has 0 radical (unpaired) electrons. The fourth-order valence-corrected chi connectivity index (χ4v) is 8.33. The Morgan fingerprint density at radius 3 is 1.57 bits per heavy atom. The molecule has 0 unspecified atom stereocenters. The molecule has 0 saturated heterocycles. The highest BCUT2D eigenvalue weighted by Gasteiger charge is 2.22. The fourth-order valence-electron chi connectivity index (χ4n) is 6.21. The summed E-state index contributed by atoms with van der Waals surface area (Å²) in [6.07, 6.45) is 6.77. The van der Waals surface area contributed by atoms with E-state index in [0.717, 1.165) is 62.1 Å². The number of ether oxygens (including phenoxy) is 2. The number of aryl methyl sites for hydroxylation is 4. The summed E-state index contributed by atoms with van der Waals surface area (Å²) < 4.78 is 16.6. The van der Waals surface area contributed by atoms with Crippen molar-refractivity contribution in [3.8, 4) is 22.5 Å². The van der Waals surface area contributed by atoms with Crippen molar-refractivity contribution in [2.24, 2.45) is 0 Å². The number of aromatic nitrogens is 6. The van der Waals surface area contributed by atoms with Crippen LogP contribution in [0.3, 0.4) is 0 Å². The van der Waals surface area contributed by atoms with Crippen LogP contribution in [0, 0.1) is 27.7 Å². The minimum atomic E-state index is -1.18. The van der Waals surface area contributed by atoms with Gasteiger partial charge in [-0.25, -0.2) is 24.7 Å². The van der Waals surface area contributed by atoms with Crippen LogP contribution in [-0.2, 0) is 22.9 Å². The van der Waals surface area contributed by atoms with Gasteiger partial charge in [0.05, 0.1) is 27.7 Å². The average molecular weight is 830 g/mol. The molecule has 6 rings (SSSR count). The van der Waals surface area contributed by atoms with Gasteiger partial charge in [-0.05, 0) is 66.8 Å². The van der Waals surface area contributed by atoms with E-state index in [1.54, 1.807) is 17.1 Å². The molecule has 10 nitrogen and oxygen atoms in total. The van der Waals surface area contributed by atoms with E-state index in [0.29, 0.717) is 30.1 Å². The van der Waals surface area contributed by atoms with Crippen LogP contribution in [0.1, 0.15) is 32.6 Å². The van der Waals surface area contributed by atoms with E-state index in [1.807, 2.05) is 32.2 Å². The van der Waals surface area contributed by atoms with Crippen LogP contribution < -0.4 is 0 Å². The van der Waals surface area contributed by atoms with E-state index in [9.17, 15) is 9.90 Å². The molecular formula is C41H53BrN6O4Si2. The number of carboxylic acids is 1. The van der Waals surface area contributed by atoms with Crippen molar-refractivity contribution < 1.29 is 19.4 Å². The van der Waals surface area contributed by atoms with Gasteiger partial charge in [0.15, 0.2) is 0 Å². The first-order valence-corrected chi connectivity index (χ1v) is 26.5. The fraction of sp³-hybridized carbons (Fsp3) is 0.390. The average Bonchev–Trinajstić information content (AvgIpc) is 3.62. The molecule has 0 aliphatic heterocycles. The molecule has 0 atom stereocenters. The SMILES string of the molecule is Cc1ccc(-c2ncnc3c2c(Br)cn3COCC[Si](C)(C)C)c(C)c1.Cc1ccc(-c2ncnc3c2c(C(=O)O)cn3COCC[Si](C)(C)C)c(C)c1. The summed E-state index contributed by atoms with van der Waals surface area (Å²) in [5.41, 5.74) is 10.00. The van der Waals surface area contributed by atoms with Gasteiger partial charge < -0.3 is 23.7 Å². The Morgan fingerprint density at radius 2 is 1.13 bits per heavy atom. The van der Waals surface area contributed by atoms with Gasteiger partial charge in [-0.3, -0.25) is 0 Å². The summed E-state index contributed by atoms with van der Waals surface area (Å²) in [6, 6.07) is 14.7. The lowest BCUT2D eigenvalue weighted by atomic mass is 10.00. The van der Waals surface area contributed by atoms with Crippen LogP contribution in [0.5, 0.6) is 0 Å². The quantitative estimate of drug-likeness (QED) is 0.0903. The van der Waals surface area contributed by atoms with E-state index < -0.39 is 22.1 Å². The Kier molecular flexibility index (Phi) is 13.1. The van der Waals surface area contributed by atoms with E-state index in [2.05, 4.69) is 118 Å². The number of aromatic carboxylic acids is 1. The molecule has 0 amide bonds. The molecule has 2 aromatic carbocycles. The lowest BCUT2D eigenvalue weighted by molar-refractivity contribution is 0.0696. The topological polar surface area (TPSA) is 117 Å². The maximum Gasteiger partial charge on any atom is 0.338 e. The highest BCUT2D eigenvalue weighted by atomic mass is 79.9. The standard InChI is InChI=1S/C21H27N3O3Si.C20H26BrN3OSi/c1-14-6-7-16(15(2)10-14)19-18-17(21(25)26)11-24(20(18)23-12-22-19)13-27-8-9-28(3,4)5;1-14-6-7-16(15(2)10-14)19-18-17(21)11-24(20(18)23-12-22-19)13-25-8-9-26(3,4)5/h6-7,10-12H,8-9,13H2,1-5H3,(H,25,26);6-7,10-12H,8-9,13H2,1-5H3. The second-order valence-electron chi connectivity index (χ2n) is 16.4. The molecule has 54 heavy (non-hydrogen) atoms.